The number of pyridine rings is 1. The minimum absolute atomic E-state index is 0.0608. The lowest BCUT2D eigenvalue weighted by molar-refractivity contribution is 0.0162. The summed E-state index contributed by atoms with van der Waals surface area (Å²) in [7, 11) is 1.66. The third-order valence-corrected chi connectivity index (χ3v) is 5.84. The summed E-state index contributed by atoms with van der Waals surface area (Å²) >= 11 is 0. The summed E-state index contributed by atoms with van der Waals surface area (Å²) in [5.74, 6) is 0.708. The van der Waals surface area contributed by atoms with E-state index in [1.54, 1.807) is 7.11 Å². The van der Waals surface area contributed by atoms with Crippen molar-refractivity contribution in [1.82, 2.24) is 15.2 Å². The first-order chi connectivity index (χ1) is 15.7. The minimum Gasteiger partial charge on any atom is -0.497 e. The molecule has 1 aliphatic heterocycles. The highest BCUT2D eigenvalue weighted by atomic mass is 16.5. The van der Waals surface area contributed by atoms with Crippen LogP contribution in [0.25, 0.3) is 11.3 Å². The third-order valence-electron chi connectivity index (χ3n) is 5.84. The second kappa shape index (κ2) is 10.4. The summed E-state index contributed by atoms with van der Waals surface area (Å²) in [4.78, 5) is 20.0. The van der Waals surface area contributed by atoms with Gasteiger partial charge in [-0.3, -0.25) is 14.7 Å². The van der Waals surface area contributed by atoms with E-state index >= 15 is 0 Å². The summed E-state index contributed by atoms with van der Waals surface area (Å²) in [5.41, 5.74) is 4.36. The van der Waals surface area contributed by atoms with Crippen LogP contribution in [0.2, 0.25) is 0 Å². The van der Waals surface area contributed by atoms with Gasteiger partial charge in [-0.1, -0.05) is 42.5 Å². The van der Waals surface area contributed by atoms with Crippen LogP contribution in [-0.2, 0) is 4.74 Å². The summed E-state index contributed by atoms with van der Waals surface area (Å²) in [6.07, 6.45) is 0. The van der Waals surface area contributed by atoms with Crippen LogP contribution in [0.3, 0.4) is 0 Å². The van der Waals surface area contributed by atoms with Gasteiger partial charge in [-0.05, 0) is 36.8 Å². The number of benzene rings is 2. The average molecular weight is 432 g/mol. The number of methoxy groups -OCH3 is 1. The second-order valence-corrected chi connectivity index (χ2v) is 7.84. The molecule has 1 atom stereocenters. The molecule has 1 amide bonds. The number of carbonyl (C=O) groups excluding carboxylic acids is 1. The van der Waals surface area contributed by atoms with Crippen LogP contribution in [0.4, 0.5) is 0 Å². The van der Waals surface area contributed by atoms with Crippen molar-refractivity contribution < 1.29 is 14.3 Å². The summed E-state index contributed by atoms with van der Waals surface area (Å²) in [5, 5.41) is 3.13. The number of carbonyl (C=O) groups is 1. The molecule has 0 spiro atoms. The van der Waals surface area contributed by atoms with Gasteiger partial charge in [-0.15, -0.1) is 0 Å². The lowest BCUT2D eigenvalue weighted by Crippen LogP contribution is -2.43. The molecule has 4 rings (SSSR count). The maximum absolute atomic E-state index is 13.0. The standard InChI is InChI=1S/C26H29N3O3/c1-19-23(12-13-24(28-19)20-6-4-3-5-7-20)26(30)27-18-25(29-14-16-32-17-15-29)21-8-10-22(31-2)11-9-21/h3-13,25H,14-18H2,1-2H3,(H,27,30). The van der Waals surface area contributed by atoms with E-state index in [1.165, 1.54) is 0 Å². The van der Waals surface area contributed by atoms with Gasteiger partial charge < -0.3 is 14.8 Å². The summed E-state index contributed by atoms with van der Waals surface area (Å²) < 4.78 is 10.8. The molecule has 0 aliphatic carbocycles. The molecule has 32 heavy (non-hydrogen) atoms. The van der Waals surface area contributed by atoms with Gasteiger partial charge in [-0.25, -0.2) is 0 Å². The highest BCUT2D eigenvalue weighted by molar-refractivity contribution is 5.95. The molecule has 6 nitrogen and oxygen atoms in total. The normalized spacial score (nSPS) is 15.2. The first-order valence-corrected chi connectivity index (χ1v) is 10.9. The van der Waals surface area contributed by atoms with Gasteiger partial charge in [0, 0.05) is 25.2 Å². The van der Waals surface area contributed by atoms with Crippen LogP contribution in [0.15, 0.2) is 66.7 Å². The van der Waals surface area contributed by atoms with Crippen molar-refractivity contribution in [2.24, 2.45) is 0 Å². The van der Waals surface area contributed by atoms with Gasteiger partial charge in [0.1, 0.15) is 5.75 Å². The Morgan fingerprint density at radius 2 is 1.78 bits per heavy atom. The monoisotopic (exact) mass is 431 g/mol. The number of morpholine rings is 1. The van der Waals surface area contributed by atoms with Crippen molar-refractivity contribution >= 4 is 5.91 Å². The van der Waals surface area contributed by atoms with Crippen LogP contribution in [0.5, 0.6) is 5.75 Å². The zero-order valence-corrected chi connectivity index (χ0v) is 18.6. The van der Waals surface area contributed by atoms with Crippen LogP contribution >= 0.6 is 0 Å². The molecule has 6 heteroatoms. The zero-order chi connectivity index (χ0) is 22.3. The Bertz CT molecular complexity index is 1030. The largest absolute Gasteiger partial charge is 0.497 e. The topological polar surface area (TPSA) is 63.7 Å². The van der Waals surface area contributed by atoms with Crippen molar-refractivity contribution in [3.8, 4) is 17.0 Å². The Hall–Kier alpha value is -3.22. The Kier molecular flexibility index (Phi) is 7.14. The van der Waals surface area contributed by atoms with Crippen LogP contribution in [0, 0.1) is 6.92 Å². The lowest BCUT2D eigenvalue weighted by Gasteiger charge is -2.35. The van der Waals surface area contributed by atoms with Crippen molar-refractivity contribution in [1.29, 1.82) is 0 Å². The predicted molar refractivity (Wildman–Crippen MR) is 125 cm³/mol. The first-order valence-electron chi connectivity index (χ1n) is 10.9. The highest BCUT2D eigenvalue weighted by Crippen LogP contribution is 2.24. The maximum atomic E-state index is 13.0. The molecule has 1 fully saturated rings. The molecular formula is C26H29N3O3. The van der Waals surface area contributed by atoms with E-state index in [9.17, 15) is 4.79 Å². The van der Waals surface area contributed by atoms with E-state index in [1.807, 2.05) is 61.5 Å². The van der Waals surface area contributed by atoms with E-state index in [0.29, 0.717) is 25.3 Å². The van der Waals surface area contributed by atoms with Crippen molar-refractivity contribution in [2.45, 2.75) is 13.0 Å². The second-order valence-electron chi connectivity index (χ2n) is 7.84. The third kappa shape index (κ3) is 5.15. The minimum atomic E-state index is -0.110. The predicted octanol–water partition coefficient (Wildman–Crippen LogP) is 3.87. The lowest BCUT2D eigenvalue weighted by atomic mass is 10.0. The molecular weight excluding hydrogens is 402 g/mol. The molecule has 1 unspecified atom stereocenters. The van der Waals surface area contributed by atoms with E-state index in [4.69, 9.17) is 9.47 Å². The molecule has 1 N–H and O–H groups in total. The van der Waals surface area contributed by atoms with E-state index in [2.05, 4.69) is 27.3 Å². The molecule has 0 saturated carbocycles. The summed E-state index contributed by atoms with van der Waals surface area (Å²) in [6, 6.07) is 21.8. The van der Waals surface area contributed by atoms with Crippen molar-refractivity contribution in [2.75, 3.05) is 40.0 Å². The molecule has 2 heterocycles. The van der Waals surface area contributed by atoms with Crippen LogP contribution in [0.1, 0.15) is 27.7 Å². The summed E-state index contributed by atoms with van der Waals surface area (Å²) in [6.45, 7) is 5.45. The number of nitrogens with one attached hydrogen (secondary N) is 1. The molecule has 3 aromatic rings. The molecule has 1 aliphatic rings. The number of aryl methyl sites for hydroxylation is 1. The number of hydrogen-bond acceptors (Lipinski definition) is 5. The highest BCUT2D eigenvalue weighted by Gasteiger charge is 2.24. The number of hydrogen-bond donors (Lipinski definition) is 1. The van der Waals surface area contributed by atoms with E-state index in [-0.39, 0.29) is 11.9 Å². The van der Waals surface area contributed by atoms with Gasteiger partial charge in [0.2, 0.25) is 0 Å². The number of amides is 1. The average Bonchev–Trinajstić information content (AvgIpc) is 2.85. The number of aromatic nitrogens is 1. The fourth-order valence-corrected chi connectivity index (χ4v) is 4.03. The first kappa shape index (κ1) is 22.0. The Morgan fingerprint density at radius 3 is 2.44 bits per heavy atom. The van der Waals surface area contributed by atoms with Gasteiger partial charge in [0.05, 0.1) is 43.3 Å². The van der Waals surface area contributed by atoms with E-state index < -0.39 is 0 Å². The number of nitrogens with zero attached hydrogens (tertiary/aromatic N) is 2. The van der Waals surface area contributed by atoms with Gasteiger partial charge in [0.25, 0.3) is 5.91 Å². The Labute approximate surface area is 189 Å². The Balaban J connectivity index is 1.49. The molecule has 1 aromatic heterocycles. The van der Waals surface area contributed by atoms with Gasteiger partial charge in [0.15, 0.2) is 0 Å². The molecule has 0 bridgehead atoms. The fourth-order valence-electron chi connectivity index (χ4n) is 4.03. The van der Waals surface area contributed by atoms with Crippen LogP contribution in [-0.4, -0.2) is 55.7 Å². The number of ether oxygens (including phenoxy) is 2. The van der Waals surface area contributed by atoms with Crippen LogP contribution < -0.4 is 10.1 Å². The van der Waals surface area contributed by atoms with Gasteiger partial charge >= 0.3 is 0 Å². The molecule has 1 saturated heterocycles. The molecule has 166 valence electrons. The zero-order valence-electron chi connectivity index (χ0n) is 18.6. The SMILES string of the molecule is COc1ccc(C(CNC(=O)c2ccc(-c3ccccc3)nc2C)N2CCOCC2)cc1. The molecule has 2 aromatic carbocycles. The smallest absolute Gasteiger partial charge is 0.253 e. The number of rotatable bonds is 7. The van der Waals surface area contributed by atoms with E-state index in [0.717, 1.165) is 41.4 Å². The van der Waals surface area contributed by atoms with Crippen molar-refractivity contribution in [3.05, 3.63) is 83.6 Å². The van der Waals surface area contributed by atoms with Gasteiger partial charge in [-0.2, -0.15) is 0 Å². The molecule has 0 radical (unpaired) electrons. The fraction of sp³-hybridized carbons (Fsp3) is 0.308. The Morgan fingerprint density at radius 1 is 1.06 bits per heavy atom. The quantitative estimate of drug-likeness (QED) is 0.615. The van der Waals surface area contributed by atoms with Crippen molar-refractivity contribution in [3.63, 3.8) is 0 Å². The maximum Gasteiger partial charge on any atom is 0.253 e.